The van der Waals surface area contributed by atoms with Crippen molar-refractivity contribution in [1.82, 2.24) is 0 Å². The highest BCUT2D eigenvalue weighted by Crippen LogP contribution is 2.18. The molecular formula is C31H62BrN. The standard InChI is InChI=1S/C31H62N.BrH/c1-5-9-13-17-21-25-29-32(28-24-20-16-12-8-4,30-26-22-18-14-10-6-2)31-27-23-19-15-11-7-3;/h5-19,21-23,25-31H2,1-4H3;1H/q+1;/p-1. The molecule has 0 aliphatic rings. The van der Waals surface area contributed by atoms with Gasteiger partial charge in [-0.15, -0.1) is 0 Å². The number of hydrogen-bond donors (Lipinski definition) is 0. The molecule has 0 N–H and O–H groups in total. The van der Waals surface area contributed by atoms with E-state index >= 15 is 0 Å². The Kier molecular flexibility index (Phi) is 30.1. The fourth-order valence-electron chi connectivity index (χ4n) is 4.83. The minimum absolute atomic E-state index is 0. The molecule has 0 radical (unpaired) electrons. The average molecular weight is 529 g/mol. The van der Waals surface area contributed by atoms with E-state index in [1.807, 2.05) is 0 Å². The maximum atomic E-state index is 3.67. The van der Waals surface area contributed by atoms with Gasteiger partial charge in [0.1, 0.15) is 6.54 Å². The third-order valence-corrected chi connectivity index (χ3v) is 7.15. The topological polar surface area (TPSA) is 0 Å². The van der Waals surface area contributed by atoms with Crippen LogP contribution in [0, 0.1) is 11.8 Å². The average Bonchev–Trinajstić information content (AvgIpc) is 2.80. The van der Waals surface area contributed by atoms with Gasteiger partial charge in [0.25, 0.3) is 0 Å². The van der Waals surface area contributed by atoms with Gasteiger partial charge in [0.2, 0.25) is 0 Å². The lowest BCUT2D eigenvalue weighted by Gasteiger charge is -2.38. The maximum absolute atomic E-state index is 3.67. The van der Waals surface area contributed by atoms with Gasteiger partial charge in [0.05, 0.1) is 19.6 Å². The molecule has 0 amide bonds. The lowest BCUT2D eigenvalue weighted by Crippen LogP contribution is -3.00. The van der Waals surface area contributed by atoms with Crippen molar-refractivity contribution in [3.05, 3.63) is 0 Å². The van der Waals surface area contributed by atoms with E-state index in [9.17, 15) is 0 Å². The van der Waals surface area contributed by atoms with Crippen molar-refractivity contribution in [1.29, 1.82) is 0 Å². The summed E-state index contributed by atoms with van der Waals surface area (Å²) in [5, 5.41) is 0. The first-order valence-corrected chi connectivity index (χ1v) is 15.1. The lowest BCUT2D eigenvalue weighted by atomic mass is 10.1. The highest BCUT2D eigenvalue weighted by molar-refractivity contribution is 4.99. The van der Waals surface area contributed by atoms with Gasteiger partial charge in [-0.2, -0.15) is 0 Å². The van der Waals surface area contributed by atoms with Gasteiger partial charge >= 0.3 is 0 Å². The molecule has 0 fully saturated rings. The van der Waals surface area contributed by atoms with Gasteiger partial charge in [-0.05, 0) is 50.9 Å². The van der Waals surface area contributed by atoms with Crippen molar-refractivity contribution >= 4 is 0 Å². The molecule has 0 saturated carbocycles. The molecule has 0 aromatic heterocycles. The van der Waals surface area contributed by atoms with Crippen LogP contribution in [-0.2, 0) is 0 Å². The lowest BCUT2D eigenvalue weighted by molar-refractivity contribution is -0.922. The summed E-state index contributed by atoms with van der Waals surface area (Å²) in [5.74, 6) is 7.20. The molecule has 0 aromatic carbocycles. The molecule has 198 valence electrons. The van der Waals surface area contributed by atoms with Crippen molar-refractivity contribution in [2.45, 2.75) is 163 Å². The van der Waals surface area contributed by atoms with E-state index in [4.69, 9.17) is 0 Å². The highest BCUT2D eigenvalue weighted by Gasteiger charge is 2.25. The fraction of sp³-hybridized carbons (Fsp3) is 0.935. The number of hydrogen-bond acceptors (Lipinski definition) is 0. The van der Waals surface area contributed by atoms with Crippen LogP contribution in [-0.4, -0.2) is 30.7 Å². The number of halogens is 1. The van der Waals surface area contributed by atoms with Gasteiger partial charge < -0.3 is 21.5 Å². The number of rotatable bonds is 24. The molecule has 33 heavy (non-hydrogen) atoms. The maximum Gasteiger partial charge on any atom is 0.140 e. The van der Waals surface area contributed by atoms with Crippen LogP contribution in [0.3, 0.4) is 0 Å². The second-order valence-electron chi connectivity index (χ2n) is 10.4. The summed E-state index contributed by atoms with van der Waals surface area (Å²) in [6, 6.07) is 0. The minimum atomic E-state index is 0. The van der Waals surface area contributed by atoms with E-state index in [2.05, 4.69) is 39.5 Å². The minimum Gasteiger partial charge on any atom is -1.00 e. The highest BCUT2D eigenvalue weighted by atomic mass is 79.9. The van der Waals surface area contributed by atoms with E-state index in [0.717, 1.165) is 13.0 Å². The molecule has 0 aliphatic heterocycles. The summed E-state index contributed by atoms with van der Waals surface area (Å²) < 4.78 is 1.30. The molecule has 2 heteroatoms. The van der Waals surface area contributed by atoms with Gasteiger partial charge in [0, 0.05) is 6.42 Å². The van der Waals surface area contributed by atoms with Crippen molar-refractivity contribution in [2.24, 2.45) is 0 Å². The Morgan fingerprint density at radius 1 is 0.394 bits per heavy atom. The summed E-state index contributed by atoms with van der Waals surface area (Å²) in [5.41, 5.74) is 0. The molecule has 0 heterocycles. The van der Waals surface area contributed by atoms with Gasteiger partial charge in [-0.3, -0.25) is 0 Å². The molecule has 0 atom stereocenters. The predicted octanol–water partition coefficient (Wildman–Crippen LogP) is 7.08. The van der Waals surface area contributed by atoms with E-state index in [1.54, 1.807) is 0 Å². The molecule has 1 nitrogen and oxygen atoms in total. The molecule has 0 unspecified atom stereocenters. The van der Waals surface area contributed by atoms with Crippen LogP contribution in [0.4, 0.5) is 0 Å². The van der Waals surface area contributed by atoms with Crippen molar-refractivity contribution in [3.8, 4) is 11.8 Å². The smallest absolute Gasteiger partial charge is 0.140 e. The Balaban J connectivity index is 0. The fourth-order valence-corrected chi connectivity index (χ4v) is 4.83. The summed E-state index contributed by atoms with van der Waals surface area (Å²) >= 11 is 0. The summed E-state index contributed by atoms with van der Waals surface area (Å²) in [6.45, 7) is 14.5. The van der Waals surface area contributed by atoms with Crippen LogP contribution >= 0.6 is 0 Å². The van der Waals surface area contributed by atoms with E-state index < -0.39 is 0 Å². The third-order valence-electron chi connectivity index (χ3n) is 7.15. The summed E-state index contributed by atoms with van der Waals surface area (Å²) in [6.07, 6.45) is 29.0. The van der Waals surface area contributed by atoms with Crippen LogP contribution in [0.25, 0.3) is 0 Å². The van der Waals surface area contributed by atoms with Crippen molar-refractivity contribution in [3.63, 3.8) is 0 Å². The molecule has 0 aromatic rings. The first-order valence-electron chi connectivity index (χ1n) is 15.1. The largest absolute Gasteiger partial charge is 1.00 e. The number of unbranched alkanes of at least 4 members (excludes halogenated alkanes) is 17. The third kappa shape index (κ3) is 23.5. The first-order chi connectivity index (χ1) is 15.7. The normalized spacial score (nSPS) is 11.2. The zero-order valence-electron chi connectivity index (χ0n) is 23.5. The summed E-state index contributed by atoms with van der Waals surface area (Å²) in [4.78, 5) is 0. The Morgan fingerprint density at radius 2 is 0.727 bits per heavy atom. The molecule has 0 spiro atoms. The molecule has 0 rings (SSSR count). The number of nitrogens with zero attached hydrogens (tertiary/aromatic N) is 1. The van der Waals surface area contributed by atoms with E-state index in [0.29, 0.717) is 0 Å². The van der Waals surface area contributed by atoms with Crippen LogP contribution in [0.1, 0.15) is 163 Å². The molecule has 0 aliphatic carbocycles. The second kappa shape index (κ2) is 28.2. The van der Waals surface area contributed by atoms with Crippen LogP contribution in [0.2, 0.25) is 0 Å². The Bertz CT molecular complexity index is 382. The van der Waals surface area contributed by atoms with Crippen LogP contribution in [0.15, 0.2) is 0 Å². The predicted molar refractivity (Wildman–Crippen MR) is 147 cm³/mol. The Hall–Kier alpha value is 0. The molecular weight excluding hydrogens is 466 g/mol. The van der Waals surface area contributed by atoms with Crippen LogP contribution in [0.5, 0.6) is 0 Å². The van der Waals surface area contributed by atoms with Crippen molar-refractivity contribution in [2.75, 3.05) is 26.2 Å². The van der Waals surface area contributed by atoms with Gasteiger partial charge in [-0.25, -0.2) is 0 Å². The first kappa shape index (κ1) is 35.2. The number of quaternary nitrogens is 1. The molecule has 0 bridgehead atoms. The van der Waals surface area contributed by atoms with E-state index in [1.165, 1.54) is 153 Å². The zero-order chi connectivity index (χ0) is 23.6. The Labute approximate surface area is 221 Å². The van der Waals surface area contributed by atoms with Gasteiger partial charge in [-0.1, -0.05) is 117 Å². The van der Waals surface area contributed by atoms with E-state index in [-0.39, 0.29) is 17.0 Å². The van der Waals surface area contributed by atoms with Crippen LogP contribution < -0.4 is 17.0 Å². The monoisotopic (exact) mass is 527 g/mol. The quantitative estimate of drug-likeness (QED) is 0.0713. The van der Waals surface area contributed by atoms with Gasteiger partial charge in [0.15, 0.2) is 0 Å². The second-order valence-corrected chi connectivity index (χ2v) is 10.4. The summed E-state index contributed by atoms with van der Waals surface area (Å²) in [7, 11) is 0. The zero-order valence-corrected chi connectivity index (χ0v) is 25.1. The van der Waals surface area contributed by atoms with Crippen molar-refractivity contribution < 1.29 is 21.5 Å². The molecule has 0 saturated heterocycles. The Morgan fingerprint density at radius 3 is 1.09 bits per heavy atom. The SMILES string of the molecule is CCCCC#CC[N+](CCCCCCCC)(CCCCCCCC)CCCCCCCC.[Br-].